The molecular weight excluding hydrogens is 242 g/mol. The molecule has 2 aromatic heterocycles. The Labute approximate surface area is 104 Å². The van der Waals surface area contributed by atoms with Crippen LogP contribution in [-0.2, 0) is 6.61 Å². The zero-order chi connectivity index (χ0) is 12.1. The standard InChI is InChI=1S/C11H12ClN3O2/c1-2-13-10-11(14-6-9(12)15-10)17-7-8-4-3-5-16-8/h3-6H,2,7H2,1H3,(H,13,15). The van der Waals surface area contributed by atoms with Crippen LogP contribution < -0.4 is 10.1 Å². The molecule has 0 radical (unpaired) electrons. The molecule has 2 aromatic rings. The lowest BCUT2D eigenvalue weighted by atomic mass is 10.5. The van der Waals surface area contributed by atoms with Crippen molar-refractivity contribution in [3.8, 4) is 5.88 Å². The van der Waals surface area contributed by atoms with Crippen LogP contribution in [-0.4, -0.2) is 16.5 Å². The zero-order valence-corrected chi connectivity index (χ0v) is 10.1. The Balaban J connectivity index is 2.08. The minimum atomic E-state index is 0.307. The quantitative estimate of drug-likeness (QED) is 0.888. The molecule has 90 valence electrons. The third kappa shape index (κ3) is 3.10. The van der Waals surface area contributed by atoms with Crippen molar-refractivity contribution >= 4 is 17.4 Å². The van der Waals surface area contributed by atoms with Gasteiger partial charge >= 0.3 is 0 Å². The summed E-state index contributed by atoms with van der Waals surface area (Å²) in [6, 6.07) is 3.63. The first kappa shape index (κ1) is 11.7. The highest BCUT2D eigenvalue weighted by Crippen LogP contribution is 2.21. The number of furan rings is 1. The minimum absolute atomic E-state index is 0.307. The lowest BCUT2D eigenvalue weighted by molar-refractivity contribution is 0.261. The van der Waals surface area contributed by atoms with E-state index in [1.165, 1.54) is 6.20 Å². The van der Waals surface area contributed by atoms with Gasteiger partial charge in [-0.2, -0.15) is 0 Å². The van der Waals surface area contributed by atoms with E-state index in [9.17, 15) is 0 Å². The van der Waals surface area contributed by atoms with Crippen molar-refractivity contribution in [2.75, 3.05) is 11.9 Å². The molecule has 0 atom stereocenters. The number of nitrogens with zero attached hydrogens (tertiary/aromatic N) is 2. The lowest BCUT2D eigenvalue weighted by Gasteiger charge is -2.09. The van der Waals surface area contributed by atoms with Crippen LogP contribution in [0.3, 0.4) is 0 Å². The maximum absolute atomic E-state index is 5.76. The average molecular weight is 254 g/mol. The Morgan fingerprint density at radius 3 is 3.12 bits per heavy atom. The Hall–Kier alpha value is -1.75. The first-order valence-corrected chi connectivity index (χ1v) is 5.59. The number of hydrogen-bond donors (Lipinski definition) is 1. The Morgan fingerprint density at radius 1 is 1.53 bits per heavy atom. The van der Waals surface area contributed by atoms with Gasteiger partial charge < -0.3 is 14.5 Å². The van der Waals surface area contributed by atoms with E-state index in [0.29, 0.717) is 30.0 Å². The molecule has 0 aliphatic carbocycles. The first-order chi connectivity index (χ1) is 8.29. The summed E-state index contributed by atoms with van der Waals surface area (Å²) in [6.07, 6.45) is 3.04. The number of anilines is 1. The van der Waals surface area contributed by atoms with E-state index in [2.05, 4.69) is 15.3 Å². The molecule has 6 heteroatoms. The third-order valence-electron chi connectivity index (χ3n) is 1.98. The molecule has 5 nitrogen and oxygen atoms in total. The van der Waals surface area contributed by atoms with Gasteiger partial charge in [0.15, 0.2) is 5.82 Å². The third-order valence-corrected chi connectivity index (χ3v) is 2.17. The summed E-state index contributed by atoms with van der Waals surface area (Å²) in [5.41, 5.74) is 0. The van der Waals surface area contributed by atoms with Crippen molar-refractivity contribution in [3.05, 3.63) is 35.5 Å². The largest absolute Gasteiger partial charge is 0.467 e. The maximum atomic E-state index is 5.76. The van der Waals surface area contributed by atoms with Gasteiger partial charge in [-0.05, 0) is 19.1 Å². The molecule has 0 aliphatic rings. The number of rotatable bonds is 5. The topological polar surface area (TPSA) is 60.2 Å². The van der Waals surface area contributed by atoms with Crippen LogP contribution >= 0.6 is 11.6 Å². The summed E-state index contributed by atoms with van der Waals surface area (Å²) in [5, 5.41) is 3.36. The highest BCUT2D eigenvalue weighted by Gasteiger charge is 2.08. The van der Waals surface area contributed by atoms with Crippen LogP contribution in [0.4, 0.5) is 5.82 Å². The van der Waals surface area contributed by atoms with Gasteiger partial charge in [0.25, 0.3) is 5.88 Å². The molecule has 2 heterocycles. The molecule has 0 unspecified atom stereocenters. The van der Waals surface area contributed by atoms with Gasteiger partial charge in [0, 0.05) is 6.54 Å². The predicted molar refractivity (Wildman–Crippen MR) is 64.2 cm³/mol. The Morgan fingerprint density at radius 2 is 2.41 bits per heavy atom. The van der Waals surface area contributed by atoms with Gasteiger partial charge in [0.1, 0.15) is 17.5 Å². The molecule has 0 bridgehead atoms. The van der Waals surface area contributed by atoms with E-state index in [1.54, 1.807) is 12.3 Å². The van der Waals surface area contributed by atoms with E-state index in [4.69, 9.17) is 20.8 Å². The van der Waals surface area contributed by atoms with E-state index in [-0.39, 0.29) is 0 Å². The molecule has 0 fully saturated rings. The van der Waals surface area contributed by atoms with Gasteiger partial charge in [-0.1, -0.05) is 11.6 Å². The van der Waals surface area contributed by atoms with Gasteiger partial charge in [-0.25, -0.2) is 9.97 Å². The fourth-order valence-corrected chi connectivity index (χ4v) is 1.41. The average Bonchev–Trinajstić information content (AvgIpc) is 2.81. The minimum Gasteiger partial charge on any atom is -0.467 e. The van der Waals surface area contributed by atoms with Crippen LogP contribution in [0.15, 0.2) is 29.0 Å². The molecule has 0 saturated carbocycles. The second-order valence-electron chi connectivity index (χ2n) is 3.24. The van der Waals surface area contributed by atoms with Crippen molar-refractivity contribution in [1.29, 1.82) is 0 Å². The summed E-state index contributed by atoms with van der Waals surface area (Å²) in [4.78, 5) is 8.17. The first-order valence-electron chi connectivity index (χ1n) is 5.21. The maximum Gasteiger partial charge on any atom is 0.257 e. The number of ether oxygens (including phenoxy) is 1. The van der Waals surface area contributed by atoms with Crippen LogP contribution in [0.2, 0.25) is 5.15 Å². The molecule has 0 saturated heterocycles. The smallest absolute Gasteiger partial charge is 0.257 e. The molecule has 0 aromatic carbocycles. The number of halogens is 1. The van der Waals surface area contributed by atoms with Gasteiger partial charge in [0.2, 0.25) is 0 Å². The fourth-order valence-electron chi connectivity index (χ4n) is 1.28. The molecule has 0 aliphatic heterocycles. The summed E-state index contributed by atoms with van der Waals surface area (Å²) in [5.74, 6) is 1.67. The van der Waals surface area contributed by atoms with Crippen molar-refractivity contribution in [1.82, 2.24) is 9.97 Å². The second-order valence-corrected chi connectivity index (χ2v) is 3.63. The second kappa shape index (κ2) is 5.54. The van der Waals surface area contributed by atoms with Crippen molar-refractivity contribution in [2.24, 2.45) is 0 Å². The molecule has 0 amide bonds. The molecular formula is C11H12ClN3O2. The van der Waals surface area contributed by atoms with Crippen LogP contribution in [0, 0.1) is 0 Å². The molecule has 2 rings (SSSR count). The number of hydrogen-bond acceptors (Lipinski definition) is 5. The lowest BCUT2D eigenvalue weighted by Crippen LogP contribution is -2.05. The van der Waals surface area contributed by atoms with Crippen LogP contribution in [0.25, 0.3) is 0 Å². The fraction of sp³-hybridized carbons (Fsp3) is 0.273. The normalized spacial score (nSPS) is 10.2. The summed E-state index contributed by atoms with van der Waals surface area (Å²) in [6.45, 7) is 2.98. The Kier molecular flexibility index (Phi) is 3.82. The monoisotopic (exact) mass is 253 g/mol. The van der Waals surface area contributed by atoms with Crippen LogP contribution in [0.1, 0.15) is 12.7 Å². The predicted octanol–water partition coefficient (Wildman–Crippen LogP) is 2.73. The molecule has 17 heavy (non-hydrogen) atoms. The Bertz CT molecular complexity index is 474. The summed E-state index contributed by atoms with van der Waals surface area (Å²) >= 11 is 5.76. The van der Waals surface area contributed by atoms with Gasteiger partial charge in [0.05, 0.1) is 12.5 Å². The molecule has 1 N–H and O–H groups in total. The van der Waals surface area contributed by atoms with Crippen molar-refractivity contribution in [2.45, 2.75) is 13.5 Å². The SMILES string of the molecule is CCNc1nc(Cl)cnc1OCc1ccco1. The highest BCUT2D eigenvalue weighted by molar-refractivity contribution is 6.29. The number of aromatic nitrogens is 2. The summed E-state index contributed by atoms with van der Waals surface area (Å²) in [7, 11) is 0. The van der Waals surface area contributed by atoms with E-state index >= 15 is 0 Å². The van der Waals surface area contributed by atoms with E-state index in [1.807, 2.05) is 13.0 Å². The zero-order valence-electron chi connectivity index (χ0n) is 9.31. The van der Waals surface area contributed by atoms with Gasteiger partial charge in [-0.15, -0.1) is 0 Å². The number of nitrogens with one attached hydrogen (secondary N) is 1. The van der Waals surface area contributed by atoms with Crippen molar-refractivity contribution < 1.29 is 9.15 Å². The van der Waals surface area contributed by atoms with E-state index < -0.39 is 0 Å². The highest BCUT2D eigenvalue weighted by atomic mass is 35.5. The van der Waals surface area contributed by atoms with E-state index in [0.717, 1.165) is 5.76 Å². The van der Waals surface area contributed by atoms with Gasteiger partial charge in [-0.3, -0.25) is 0 Å². The van der Waals surface area contributed by atoms with Crippen molar-refractivity contribution in [3.63, 3.8) is 0 Å². The molecule has 0 spiro atoms. The summed E-state index contributed by atoms with van der Waals surface area (Å²) < 4.78 is 10.7. The van der Waals surface area contributed by atoms with Crippen LogP contribution in [0.5, 0.6) is 5.88 Å².